The van der Waals surface area contributed by atoms with E-state index in [0.717, 1.165) is 12.3 Å². The molecule has 1 aliphatic carbocycles. The monoisotopic (exact) mass is 114 g/mol. The van der Waals surface area contributed by atoms with Gasteiger partial charge >= 0.3 is 0 Å². The first-order chi connectivity index (χ1) is 3.83. The Bertz CT molecular complexity index is 94.7. The van der Waals surface area contributed by atoms with Crippen LogP contribution in [0.15, 0.2) is 12.3 Å². The first-order valence-electron chi connectivity index (χ1n) is 2.82. The molecule has 0 heterocycles. The van der Waals surface area contributed by atoms with Crippen LogP contribution in [0, 0.1) is 5.92 Å². The molecular formula is C6H10O2. The average molecular weight is 114 g/mol. The largest absolute Gasteiger partial charge is 0.345 e. The lowest BCUT2D eigenvalue weighted by Gasteiger charge is -1.95. The average Bonchev–Trinajstić information content (AvgIpc) is 2.50. The van der Waals surface area contributed by atoms with Gasteiger partial charge in [0, 0.05) is 6.42 Å². The molecule has 1 saturated carbocycles. The molecule has 0 bridgehead atoms. The SMILES string of the molecule is C=C(CC1CC1)OO. The molecule has 2 nitrogen and oxygen atoms in total. The van der Waals surface area contributed by atoms with E-state index in [1.807, 2.05) is 0 Å². The predicted molar refractivity (Wildman–Crippen MR) is 30.2 cm³/mol. The zero-order chi connectivity index (χ0) is 5.98. The van der Waals surface area contributed by atoms with Crippen LogP contribution in [-0.2, 0) is 4.89 Å². The topological polar surface area (TPSA) is 29.5 Å². The summed E-state index contributed by atoms with van der Waals surface area (Å²) in [5.41, 5.74) is 0. The summed E-state index contributed by atoms with van der Waals surface area (Å²) in [7, 11) is 0. The second kappa shape index (κ2) is 2.18. The van der Waals surface area contributed by atoms with Gasteiger partial charge in [-0.05, 0) is 18.8 Å². The molecule has 2 heteroatoms. The van der Waals surface area contributed by atoms with Crippen LogP contribution in [0.5, 0.6) is 0 Å². The van der Waals surface area contributed by atoms with Crippen LogP contribution in [0.1, 0.15) is 19.3 Å². The van der Waals surface area contributed by atoms with Crippen molar-refractivity contribution in [1.82, 2.24) is 0 Å². The van der Waals surface area contributed by atoms with Crippen molar-refractivity contribution in [2.24, 2.45) is 5.92 Å². The molecule has 0 aromatic rings. The molecule has 0 saturated heterocycles. The van der Waals surface area contributed by atoms with Crippen molar-refractivity contribution in [3.05, 3.63) is 12.3 Å². The third-order valence-corrected chi connectivity index (χ3v) is 1.34. The molecule has 1 fully saturated rings. The number of hydrogen-bond acceptors (Lipinski definition) is 2. The molecule has 0 aromatic heterocycles. The maximum atomic E-state index is 8.01. The highest BCUT2D eigenvalue weighted by molar-refractivity contribution is 4.89. The van der Waals surface area contributed by atoms with Crippen LogP contribution in [0.3, 0.4) is 0 Å². The van der Waals surface area contributed by atoms with E-state index in [1.54, 1.807) is 0 Å². The normalized spacial score (nSPS) is 18.1. The number of allylic oxidation sites excluding steroid dienone is 1. The molecule has 0 aliphatic heterocycles. The first kappa shape index (κ1) is 5.63. The summed E-state index contributed by atoms with van der Waals surface area (Å²) in [4.78, 5) is 3.91. The number of rotatable bonds is 3. The molecule has 0 aromatic carbocycles. The van der Waals surface area contributed by atoms with Crippen LogP contribution in [0.25, 0.3) is 0 Å². The first-order valence-corrected chi connectivity index (χ1v) is 2.82. The van der Waals surface area contributed by atoms with Gasteiger partial charge in [-0.25, -0.2) is 5.26 Å². The summed E-state index contributed by atoms with van der Waals surface area (Å²) in [6.45, 7) is 3.48. The van der Waals surface area contributed by atoms with E-state index in [4.69, 9.17) is 5.26 Å². The van der Waals surface area contributed by atoms with Crippen molar-refractivity contribution in [3.63, 3.8) is 0 Å². The van der Waals surface area contributed by atoms with Gasteiger partial charge in [-0.1, -0.05) is 6.58 Å². The zero-order valence-electron chi connectivity index (χ0n) is 4.76. The van der Waals surface area contributed by atoms with E-state index in [2.05, 4.69) is 11.5 Å². The van der Waals surface area contributed by atoms with E-state index >= 15 is 0 Å². The standard InChI is InChI=1S/C6H10O2/c1-5(8-7)4-6-2-3-6/h6-7H,1-4H2. The number of hydrogen-bond donors (Lipinski definition) is 1. The quantitative estimate of drug-likeness (QED) is 0.344. The molecule has 46 valence electrons. The zero-order valence-corrected chi connectivity index (χ0v) is 4.76. The molecular weight excluding hydrogens is 104 g/mol. The Morgan fingerprint density at radius 2 is 2.38 bits per heavy atom. The molecule has 1 N–H and O–H groups in total. The minimum absolute atomic E-state index is 0.493. The molecule has 8 heavy (non-hydrogen) atoms. The fraction of sp³-hybridized carbons (Fsp3) is 0.667. The lowest BCUT2D eigenvalue weighted by atomic mass is 10.3. The molecule has 1 aliphatic rings. The van der Waals surface area contributed by atoms with Gasteiger partial charge in [0.05, 0.1) is 0 Å². The Morgan fingerprint density at radius 3 is 2.75 bits per heavy atom. The Balaban J connectivity index is 2.07. The van der Waals surface area contributed by atoms with Gasteiger partial charge < -0.3 is 4.89 Å². The van der Waals surface area contributed by atoms with Crippen molar-refractivity contribution in [3.8, 4) is 0 Å². The maximum Gasteiger partial charge on any atom is 0.135 e. The molecule has 0 amide bonds. The van der Waals surface area contributed by atoms with E-state index in [9.17, 15) is 0 Å². The fourth-order valence-corrected chi connectivity index (χ4v) is 0.681. The predicted octanol–water partition coefficient (Wildman–Crippen LogP) is 1.79. The molecule has 0 atom stereocenters. The van der Waals surface area contributed by atoms with Gasteiger partial charge in [0.2, 0.25) is 0 Å². The van der Waals surface area contributed by atoms with Crippen LogP contribution >= 0.6 is 0 Å². The van der Waals surface area contributed by atoms with Crippen LogP contribution < -0.4 is 0 Å². The summed E-state index contributed by atoms with van der Waals surface area (Å²) in [6.07, 6.45) is 3.36. The Morgan fingerprint density at radius 1 is 1.75 bits per heavy atom. The highest BCUT2D eigenvalue weighted by Crippen LogP contribution is 2.34. The van der Waals surface area contributed by atoms with E-state index in [1.165, 1.54) is 12.8 Å². The summed E-state index contributed by atoms with van der Waals surface area (Å²) in [5.74, 6) is 1.24. The van der Waals surface area contributed by atoms with E-state index in [-0.39, 0.29) is 0 Å². The highest BCUT2D eigenvalue weighted by atomic mass is 17.1. The smallest absolute Gasteiger partial charge is 0.135 e. The third kappa shape index (κ3) is 1.54. The van der Waals surface area contributed by atoms with Gasteiger partial charge in [-0.15, -0.1) is 0 Å². The van der Waals surface area contributed by atoms with Crippen molar-refractivity contribution >= 4 is 0 Å². The Kier molecular flexibility index (Phi) is 1.53. The van der Waals surface area contributed by atoms with Gasteiger partial charge in [0.25, 0.3) is 0 Å². The van der Waals surface area contributed by atoms with Gasteiger partial charge in [0.1, 0.15) is 5.76 Å². The van der Waals surface area contributed by atoms with E-state index < -0.39 is 0 Å². The fourth-order valence-electron chi connectivity index (χ4n) is 0.681. The lowest BCUT2D eigenvalue weighted by molar-refractivity contribution is -0.205. The summed E-state index contributed by atoms with van der Waals surface area (Å²) in [6, 6.07) is 0. The molecule has 0 unspecified atom stereocenters. The van der Waals surface area contributed by atoms with Crippen LogP contribution in [-0.4, -0.2) is 5.26 Å². The summed E-state index contributed by atoms with van der Waals surface area (Å²) >= 11 is 0. The minimum Gasteiger partial charge on any atom is -0.345 e. The second-order valence-corrected chi connectivity index (χ2v) is 2.28. The van der Waals surface area contributed by atoms with Crippen molar-refractivity contribution in [2.45, 2.75) is 19.3 Å². The second-order valence-electron chi connectivity index (χ2n) is 2.28. The summed E-state index contributed by atoms with van der Waals surface area (Å²) in [5, 5.41) is 8.01. The van der Waals surface area contributed by atoms with Crippen molar-refractivity contribution in [2.75, 3.05) is 0 Å². The van der Waals surface area contributed by atoms with Gasteiger partial charge in [-0.2, -0.15) is 0 Å². The molecule has 0 spiro atoms. The van der Waals surface area contributed by atoms with Crippen LogP contribution in [0.4, 0.5) is 0 Å². The van der Waals surface area contributed by atoms with E-state index in [0.29, 0.717) is 5.76 Å². The Hall–Kier alpha value is -0.500. The minimum atomic E-state index is 0.493. The molecule has 0 radical (unpaired) electrons. The lowest BCUT2D eigenvalue weighted by Crippen LogP contribution is -1.85. The van der Waals surface area contributed by atoms with Crippen molar-refractivity contribution in [1.29, 1.82) is 0 Å². The van der Waals surface area contributed by atoms with Gasteiger partial charge in [-0.3, -0.25) is 0 Å². The van der Waals surface area contributed by atoms with Crippen molar-refractivity contribution < 1.29 is 10.1 Å². The molecule has 1 rings (SSSR count). The third-order valence-electron chi connectivity index (χ3n) is 1.34. The summed E-state index contributed by atoms with van der Waals surface area (Å²) < 4.78 is 0. The Labute approximate surface area is 48.7 Å². The maximum absolute atomic E-state index is 8.01. The van der Waals surface area contributed by atoms with Crippen LogP contribution in [0.2, 0.25) is 0 Å². The van der Waals surface area contributed by atoms with Gasteiger partial charge in [0.15, 0.2) is 0 Å². The highest BCUT2D eigenvalue weighted by Gasteiger charge is 2.22.